The van der Waals surface area contributed by atoms with Crippen LogP contribution in [0.4, 0.5) is 0 Å². The second kappa shape index (κ2) is 6.80. The molecular formula is C17H25ClN2O. The molecule has 2 aliphatic rings. The van der Waals surface area contributed by atoms with Crippen LogP contribution in [0.3, 0.4) is 0 Å². The Kier molecular flexibility index (Phi) is 5.28. The van der Waals surface area contributed by atoms with Crippen LogP contribution in [-0.2, 0) is 11.2 Å². The van der Waals surface area contributed by atoms with E-state index in [4.69, 9.17) is 0 Å². The molecule has 2 fully saturated rings. The number of carbonyl (C=O) groups is 1. The highest BCUT2D eigenvalue weighted by Crippen LogP contribution is 2.48. The van der Waals surface area contributed by atoms with E-state index in [1.54, 1.807) is 0 Å². The van der Waals surface area contributed by atoms with Crippen molar-refractivity contribution >= 4 is 18.3 Å². The van der Waals surface area contributed by atoms with Crippen molar-refractivity contribution in [3.05, 3.63) is 35.9 Å². The van der Waals surface area contributed by atoms with Gasteiger partial charge in [0.2, 0.25) is 5.91 Å². The van der Waals surface area contributed by atoms with Crippen LogP contribution in [0.5, 0.6) is 0 Å². The smallest absolute Gasteiger partial charge is 0.226 e. The number of amides is 1. The zero-order chi connectivity index (χ0) is 14.0. The molecule has 1 heterocycles. The molecule has 1 amide bonds. The lowest BCUT2D eigenvalue weighted by molar-refractivity contribution is -0.127. The standard InChI is InChI=1S/C17H24N2O.ClH/c1-13-7-10-18-12-15(13)19-16(20)17(8-9-17)11-14-5-3-2-4-6-14;/h2-6,13,15,18H,7-12H2,1H3,(H,19,20);1H. The van der Waals surface area contributed by atoms with Crippen LogP contribution >= 0.6 is 12.4 Å². The Morgan fingerprint density at radius 3 is 2.67 bits per heavy atom. The second-order valence-corrected chi connectivity index (χ2v) is 6.49. The molecule has 2 N–H and O–H groups in total. The van der Waals surface area contributed by atoms with Crippen molar-refractivity contribution in [3.63, 3.8) is 0 Å². The van der Waals surface area contributed by atoms with E-state index in [2.05, 4.69) is 41.8 Å². The van der Waals surface area contributed by atoms with Crippen molar-refractivity contribution < 1.29 is 4.79 Å². The minimum absolute atomic E-state index is 0. The monoisotopic (exact) mass is 308 g/mol. The molecule has 1 saturated carbocycles. The predicted molar refractivity (Wildman–Crippen MR) is 87.6 cm³/mol. The maximum atomic E-state index is 12.6. The topological polar surface area (TPSA) is 41.1 Å². The van der Waals surface area contributed by atoms with Crippen LogP contribution in [0.25, 0.3) is 0 Å². The Hall–Kier alpha value is -1.06. The number of rotatable bonds is 4. The Morgan fingerprint density at radius 1 is 1.33 bits per heavy atom. The molecule has 3 nitrogen and oxygen atoms in total. The van der Waals surface area contributed by atoms with Crippen molar-refractivity contribution in [1.82, 2.24) is 10.6 Å². The second-order valence-electron chi connectivity index (χ2n) is 6.49. The van der Waals surface area contributed by atoms with Crippen LogP contribution in [0.1, 0.15) is 31.7 Å². The summed E-state index contributed by atoms with van der Waals surface area (Å²) in [5.41, 5.74) is 1.15. The van der Waals surface area contributed by atoms with Gasteiger partial charge in [0.1, 0.15) is 0 Å². The van der Waals surface area contributed by atoms with Crippen LogP contribution in [0, 0.1) is 11.3 Å². The van der Waals surface area contributed by atoms with Crippen LogP contribution < -0.4 is 10.6 Å². The maximum Gasteiger partial charge on any atom is 0.226 e. The number of hydrogen-bond donors (Lipinski definition) is 2. The molecule has 1 aromatic rings. The van der Waals surface area contributed by atoms with E-state index in [9.17, 15) is 4.79 Å². The van der Waals surface area contributed by atoms with Crippen molar-refractivity contribution in [2.45, 2.75) is 38.6 Å². The first-order valence-corrected chi connectivity index (χ1v) is 7.75. The molecule has 0 bridgehead atoms. The highest BCUT2D eigenvalue weighted by Gasteiger charge is 2.50. The minimum Gasteiger partial charge on any atom is -0.351 e. The third-order valence-electron chi connectivity index (χ3n) is 4.86. The van der Waals surface area contributed by atoms with E-state index >= 15 is 0 Å². The highest BCUT2D eigenvalue weighted by atomic mass is 35.5. The van der Waals surface area contributed by atoms with E-state index in [0.717, 1.165) is 38.8 Å². The Bertz CT molecular complexity index is 473. The fraction of sp³-hybridized carbons (Fsp3) is 0.588. The number of piperidine rings is 1. The summed E-state index contributed by atoms with van der Waals surface area (Å²) >= 11 is 0. The molecule has 0 radical (unpaired) electrons. The summed E-state index contributed by atoms with van der Waals surface area (Å²) in [6.45, 7) is 4.22. The van der Waals surface area contributed by atoms with E-state index < -0.39 is 0 Å². The molecule has 116 valence electrons. The van der Waals surface area contributed by atoms with Gasteiger partial charge in [-0.1, -0.05) is 37.3 Å². The van der Waals surface area contributed by atoms with Gasteiger partial charge in [0.25, 0.3) is 0 Å². The number of hydrogen-bond acceptors (Lipinski definition) is 2. The molecule has 1 aromatic carbocycles. The van der Waals surface area contributed by atoms with Crippen molar-refractivity contribution in [3.8, 4) is 0 Å². The Morgan fingerprint density at radius 2 is 2.05 bits per heavy atom. The average Bonchev–Trinajstić information content (AvgIpc) is 3.23. The summed E-state index contributed by atoms with van der Waals surface area (Å²) in [5, 5.41) is 6.67. The minimum atomic E-state index is -0.126. The third-order valence-corrected chi connectivity index (χ3v) is 4.86. The van der Waals surface area contributed by atoms with E-state index in [1.165, 1.54) is 5.56 Å². The van der Waals surface area contributed by atoms with Crippen molar-refractivity contribution in [1.29, 1.82) is 0 Å². The van der Waals surface area contributed by atoms with Gasteiger partial charge >= 0.3 is 0 Å². The summed E-state index contributed by atoms with van der Waals surface area (Å²) < 4.78 is 0. The number of nitrogens with one attached hydrogen (secondary N) is 2. The number of carbonyl (C=O) groups excluding carboxylic acids is 1. The first kappa shape index (κ1) is 16.3. The molecular weight excluding hydrogens is 284 g/mol. The van der Waals surface area contributed by atoms with Gasteiger partial charge in [-0.2, -0.15) is 0 Å². The van der Waals surface area contributed by atoms with Gasteiger partial charge in [0.05, 0.1) is 5.41 Å². The summed E-state index contributed by atoms with van der Waals surface area (Å²) in [7, 11) is 0. The first-order valence-electron chi connectivity index (χ1n) is 7.75. The third kappa shape index (κ3) is 3.78. The summed E-state index contributed by atoms with van der Waals surface area (Å²) in [4.78, 5) is 12.6. The van der Waals surface area contributed by atoms with Crippen molar-refractivity contribution in [2.75, 3.05) is 13.1 Å². The van der Waals surface area contributed by atoms with Crippen molar-refractivity contribution in [2.24, 2.45) is 11.3 Å². The molecule has 1 aliphatic heterocycles. The largest absolute Gasteiger partial charge is 0.351 e. The lowest BCUT2D eigenvalue weighted by Gasteiger charge is -2.31. The quantitative estimate of drug-likeness (QED) is 0.897. The molecule has 0 aromatic heterocycles. The zero-order valence-electron chi connectivity index (χ0n) is 12.6. The Labute approximate surface area is 133 Å². The maximum absolute atomic E-state index is 12.6. The van der Waals surface area contributed by atoms with Gasteiger partial charge < -0.3 is 10.6 Å². The molecule has 1 aliphatic carbocycles. The number of halogens is 1. The number of benzene rings is 1. The molecule has 2 unspecified atom stereocenters. The van der Waals surface area contributed by atoms with E-state index in [1.807, 2.05) is 6.07 Å². The molecule has 2 atom stereocenters. The molecule has 1 saturated heterocycles. The van der Waals surface area contributed by atoms with Gasteiger partial charge in [0.15, 0.2) is 0 Å². The van der Waals surface area contributed by atoms with Gasteiger partial charge in [0, 0.05) is 12.6 Å². The summed E-state index contributed by atoms with van der Waals surface area (Å²) in [5.74, 6) is 0.842. The lowest BCUT2D eigenvalue weighted by atomic mass is 9.91. The van der Waals surface area contributed by atoms with E-state index in [-0.39, 0.29) is 23.7 Å². The van der Waals surface area contributed by atoms with Crippen LogP contribution in [0.15, 0.2) is 30.3 Å². The molecule has 21 heavy (non-hydrogen) atoms. The first-order chi connectivity index (χ1) is 9.70. The zero-order valence-corrected chi connectivity index (χ0v) is 13.4. The fourth-order valence-corrected chi connectivity index (χ4v) is 3.13. The Balaban J connectivity index is 0.00000161. The normalized spacial score (nSPS) is 26.5. The van der Waals surface area contributed by atoms with Gasteiger partial charge in [-0.15, -0.1) is 12.4 Å². The fourth-order valence-electron chi connectivity index (χ4n) is 3.13. The van der Waals surface area contributed by atoms with E-state index in [0.29, 0.717) is 12.0 Å². The van der Waals surface area contributed by atoms with Gasteiger partial charge in [-0.05, 0) is 43.7 Å². The summed E-state index contributed by atoms with van der Waals surface area (Å²) in [6, 6.07) is 10.7. The molecule has 3 rings (SSSR count). The van der Waals surface area contributed by atoms with Gasteiger partial charge in [-0.25, -0.2) is 0 Å². The molecule has 0 spiro atoms. The SMILES string of the molecule is CC1CCNCC1NC(=O)C1(Cc2ccccc2)CC1.Cl. The highest BCUT2D eigenvalue weighted by molar-refractivity contribution is 5.86. The van der Waals surface area contributed by atoms with Crippen LogP contribution in [-0.4, -0.2) is 25.0 Å². The summed E-state index contributed by atoms with van der Waals surface area (Å²) in [6.07, 6.45) is 4.09. The van der Waals surface area contributed by atoms with Crippen LogP contribution in [0.2, 0.25) is 0 Å². The van der Waals surface area contributed by atoms with Gasteiger partial charge in [-0.3, -0.25) is 4.79 Å². The lowest BCUT2D eigenvalue weighted by Crippen LogP contribution is -2.52. The molecule has 4 heteroatoms. The predicted octanol–water partition coefficient (Wildman–Crippen LogP) is 2.55. The average molecular weight is 309 g/mol.